The molecule has 4 N–H and O–H groups in total. The molecular weight excluding hydrogens is 399 g/mol. The van der Waals surface area contributed by atoms with Crippen LogP contribution in [0.1, 0.15) is 38.5 Å². The lowest BCUT2D eigenvalue weighted by Crippen LogP contribution is -2.36. The quantitative estimate of drug-likeness (QED) is 0.107. The monoisotopic (exact) mass is 426 g/mol. The SMILES string of the molecule is O=C(CCCCC1SCC2NC(=O)NC21)CCCOCCOP(=O)(O)OO. The smallest absolute Gasteiger partial charge is 0.379 e. The largest absolute Gasteiger partial charge is 0.499 e. The molecule has 2 rings (SSSR count). The van der Waals surface area contributed by atoms with Gasteiger partial charge in [0.05, 0.1) is 25.3 Å². The van der Waals surface area contributed by atoms with Crippen LogP contribution in [0.15, 0.2) is 0 Å². The molecule has 2 saturated heterocycles. The maximum Gasteiger partial charge on any atom is 0.499 e. The molecule has 0 aliphatic carbocycles. The lowest BCUT2D eigenvalue weighted by atomic mass is 10.0. The van der Waals surface area contributed by atoms with Crippen LogP contribution in [0.5, 0.6) is 0 Å². The molecule has 0 aromatic carbocycles. The second-order valence-corrected chi connectivity index (χ2v) is 9.14. The van der Waals surface area contributed by atoms with Gasteiger partial charge in [0, 0.05) is 30.5 Å². The second kappa shape index (κ2) is 11.4. The number of fused-ring (bicyclic) bond motifs is 1. The zero-order chi connectivity index (χ0) is 19.7. The van der Waals surface area contributed by atoms with E-state index >= 15 is 0 Å². The van der Waals surface area contributed by atoms with E-state index < -0.39 is 7.82 Å². The maximum absolute atomic E-state index is 11.9. The van der Waals surface area contributed by atoms with Crippen molar-refractivity contribution in [3.8, 4) is 0 Å². The first-order valence-corrected chi connectivity index (χ1v) is 11.5. The highest BCUT2D eigenvalue weighted by Crippen LogP contribution is 2.41. The van der Waals surface area contributed by atoms with Gasteiger partial charge in [-0.2, -0.15) is 11.8 Å². The van der Waals surface area contributed by atoms with Crippen molar-refractivity contribution in [1.82, 2.24) is 10.6 Å². The van der Waals surface area contributed by atoms with Gasteiger partial charge in [0.2, 0.25) is 0 Å². The summed E-state index contributed by atoms with van der Waals surface area (Å²) < 4.78 is 23.6. The zero-order valence-corrected chi connectivity index (χ0v) is 16.7. The van der Waals surface area contributed by atoms with E-state index in [-0.39, 0.29) is 37.1 Å². The minimum atomic E-state index is -4.38. The average Bonchev–Trinajstić information content (AvgIpc) is 3.17. The summed E-state index contributed by atoms with van der Waals surface area (Å²) in [6, 6.07) is 0.370. The molecule has 4 atom stereocenters. The van der Waals surface area contributed by atoms with E-state index in [2.05, 4.69) is 19.8 Å². The highest BCUT2D eigenvalue weighted by molar-refractivity contribution is 8.00. The molecule has 2 amide bonds. The second-order valence-electron chi connectivity index (χ2n) is 6.51. The van der Waals surface area contributed by atoms with Crippen LogP contribution in [-0.2, 0) is 23.3 Å². The van der Waals surface area contributed by atoms with Gasteiger partial charge in [-0.3, -0.25) is 9.32 Å². The van der Waals surface area contributed by atoms with Gasteiger partial charge in [0.1, 0.15) is 5.78 Å². The van der Waals surface area contributed by atoms with Crippen LogP contribution >= 0.6 is 19.6 Å². The van der Waals surface area contributed by atoms with E-state index in [4.69, 9.17) is 14.9 Å². The van der Waals surface area contributed by atoms with Gasteiger partial charge in [-0.15, -0.1) is 4.67 Å². The third-order valence-corrected chi connectivity index (χ3v) is 6.69. The van der Waals surface area contributed by atoms with Crippen molar-refractivity contribution >= 4 is 31.4 Å². The summed E-state index contributed by atoms with van der Waals surface area (Å²) in [4.78, 5) is 32.0. The molecule has 0 aromatic heterocycles. The van der Waals surface area contributed by atoms with E-state index in [1.54, 1.807) is 0 Å². The highest BCUT2D eigenvalue weighted by atomic mass is 32.2. The summed E-state index contributed by atoms with van der Waals surface area (Å²) in [5.41, 5.74) is 0. The number of phosphoric ester groups is 1. The minimum Gasteiger partial charge on any atom is -0.379 e. The summed E-state index contributed by atoms with van der Waals surface area (Å²) >= 11 is 1.88. The predicted molar refractivity (Wildman–Crippen MR) is 98.5 cm³/mol. The van der Waals surface area contributed by atoms with E-state index in [1.165, 1.54) is 0 Å². The van der Waals surface area contributed by atoms with Gasteiger partial charge in [-0.25, -0.2) is 14.6 Å². The fourth-order valence-corrected chi connectivity index (χ4v) is 5.04. The molecule has 0 radical (unpaired) electrons. The van der Waals surface area contributed by atoms with Crippen LogP contribution in [-0.4, -0.2) is 64.9 Å². The number of phosphoric acid groups is 1. The Balaban J connectivity index is 1.42. The molecule has 0 saturated carbocycles. The van der Waals surface area contributed by atoms with Crippen molar-refractivity contribution in [2.45, 2.75) is 55.9 Å². The normalized spacial score (nSPS) is 26.3. The van der Waals surface area contributed by atoms with Crippen molar-refractivity contribution in [3.63, 3.8) is 0 Å². The van der Waals surface area contributed by atoms with Crippen molar-refractivity contribution in [3.05, 3.63) is 0 Å². The Kier molecular flexibility index (Phi) is 9.51. The molecule has 0 bridgehead atoms. The molecule has 0 aromatic rings. The molecular formula is C15H27N2O8PS. The Labute approximate surface area is 162 Å². The fraction of sp³-hybridized carbons (Fsp3) is 0.867. The van der Waals surface area contributed by atoms with Gasteiger partial charge in [0.15, 0.2) is 0 Å². The number of nitrogens with one attached hydrogen (secondary N) is 2. The van der Waals surface area contributed by atoms with Crippen molar-refractivity contribution in [2.24, 2.45) is 0 Å². The highest BCUT2D eigenvalue weighted by Gasteiger charge is 2.42. The first kappa shape index (κ1) is 22.6. The third-order valence-electron chi connectivity index (χ3n) is 4.46. The van der Waals surface area contributed by atoms with Crippen LogP contribution in [0.3, 0.4) is 0 Å². The molecule has 27 heavy (non-hydrogen) atoms. The number of thioether (sulfide) groups is 1. The molecule has 2 aliphatic heterocycles. The number of urea groups is 1. The molecule has 12 heteroatoms. The van der Waals surface area contributed by atoms with Crippen molar-refractivity contribution in [2.75, 3.05) is 25.6 Å². The number of carbonyl (C=O) groups excluding carboxylic acids is 2. The van der Waals surface area contributed by atoms with Gasteiger partial charge in [0.25, 0.3) is 0 Å². The molecule has 4 unspecified atom stereocenters. The van der Waals surface area contributed by atoms with Gasteiger partial charge in [-0.05, 0) is 19.3 Å². The number of carbonyl (C=O) groups is 2. The van der Waals surface area contributed by atoms with Crippen LogP contribution < -0.4 is 10.6 Å². The van der Waals surface area contributed by atoms with Crippen molar-refractivity contribution < 1.29 is 38.2 Å². The lowest BCUT2D eigenvalue weighted by Gasteiger charge is -2.16. The van der Waals surface area contributed by atoms with Crippen LogP contribution in [0.2, 0.25) is 0 Å². The Bertz CT molecular complexity index is 552. The topological polar surface area (TPSA) is 143 Å². The van der Waals surface area contributed by atoms with E-state index in [0.29, 0.717) is 31.1 Å². The number of hydrogen-bond donors (Lipinski definition) is 4. The lowest BCUT2D eigenvalue weighted by molar-refractivity contribution is -0.163. The Morgan fingerprint density at radius 3 is 2.74 bits per heavy atom. The number of Topliss-reactive ketones (excluding diaryl/α,β-unsaturated/α-hetero) is 1. The molecule has 10 nitrogen and oxygen atoms in total. The number of amides is 2. The first-order chi connectivity index (χ1) is 12.9. The molecule has 0 spiro atoms. The van der Waals surface area contributed by atoms with Gasteiger partial charge in [-0.1, -0.05) is 6.42 Å². The maximum atomic E-state index is 11.9. The Morgan fingerprint density at radius 1 is 1.19 bits per heavy atom. The minimum absolute atomic E-state index is 0.0642. The number of hydrogen-bond acceptors (Lipinski definition) is 8. The summed E-state index contributed by atoms with van der Waals surface area (Å²) in [5.74, 6) is 1.14. The molecule has 156 valence electrons. The van der Waals surface area contributed by atoms with Gasteiger partial charge < -0.3 is 20.3 Å². The fourth-order valence-electron chi connectivity index (χ4n) is 3.14. The summed E-state index contributed by atoms with van der Waals surface area (Å²) in [6.45, 7) is 0.216. The molecule has 2 fully saturated rings. The van der Waals surface area contributed by atoms with E-state index in [1.807, 2.05) is 11.8 Å². The van der Waals surface area contributed by atoms with Crippen LogP contribution in [0.25, 0.3) is 0 Å². The standard InChI is InChI=1S/C15H27N2O8PS/c18-11(5-3-7-23-8-9-24-26(21,22)25-20)4-1-2-6-13-14-12(10-27-13)16-15(19)17-14/h12-14,20H,1-10H2,(H,21,22)(H2,16,17,19). The van der Waals surface area contributed by atoms with E-state index in [0.717, 1.165) is 25.0 Å². The Morgan fingerprint density at radius 2 is 1.96 bits per heavy atom. The Hall–Kier alpha value is -0.680. The molecule has 2 heterocycles. The zero-order valence-electron chi connectivity index (χ0n) is 15.0. The average molecular weight is 426 g/mol. The summed E-state index contributed by atoms with van der Waals surface area (Å²) in [6.07, 6.45) is 4.35. The van der Waals surface area contributed by atoms with Crippen molar-refractivity contribution in [1.29, 1.82) is 0 Å². The summed E-state index contributed by atoms with van der Waals surface area (Å²) in [5, 5.41) is 14.4. The number of unbranched alkanes of at least 4 members (excludes halogenated alkanes) is 1. The summed E-state index contributed by atoms with van der Waals surface area (Å²) in [7, 11) is -4.38. The van der Waals surface area contributed by atoms with Gasteiger partial charge >= 0.3 is 13.9 Å². The first-order valence-electron chi connectivity index (χ1n) is 9.00. The van der Waals surface area contributed by atoms with E-state index in [9.17, 15) is 14.2 Å². The van der Waals surface area contributed by atoms with Crippen LogP contribution in [0, 0.1) is 0 Å². The third kappa shape index (κ3) is 8.06. The number of ether oxygens (including phenoxy) is 1. The number of ketones is 1. The number of rotatable bonds is 14. The van der Waals surface area contributed by atoms with Crippen LogP contribution in [0.4, 0.5) is 4.79 Å². The molecule has 2 aliphatic rings. The predicted octanol–water partition coefficient (Wildman–Crippen LogP) is 1.68.